The summed E-state index contributed by atoms with van der Waals surface area (Å²) in [5.74, 6) is 0.241. The largest absolute Gasteiger partial charge is 0.496 e. The number of rotatable bonds is 3. The highest BCUT2D eigenvalue weighted by atomic mass is 35.5. The van der Waals surface area contributed by atoms with Gasteiger partial charge in [-0.1, -0.05) is 30.9 Å². The van der Waals surface area contributed by atoms with E-state index in [1.165, 1.54) is 6.42 Å². The van der Waals surface area contributed by atoms with Crippen molar-refractivity contribution >= 4 is 11.6 Å². The minimum Gasteiger partial charge on any atom is -0.496 e. The van der Waals surface area contributed by atoms with Crippen LogP contribution in [0.3, 0.4) is 0 Å². The van der Waals surface area contributed by atoms with Crippen LogP contribution >= 0.6 is 11.6 Å². The third-order valence-electron chi connectivity index (χ3n) is 4.29. The number of halogens is 2. The lowest BCUT2D eigenvalue weighted by Crippen LogP contribution is -2.38. The summed E-state index contributed by atoms with van der Waals surface area (Å²) in [5, 5.41) is 0.159. The number of nitrogens with two attached hydrogens (primary N) is 1. The smallest absolute Gasteiger partial charge is 0.149 e. The van der Waals surface area contributed by atoms with E-state index in [0.717, 1.165) is 31.2 Å². The maximum absolute atomic E-state index is 14.6. The Labute approximate surface area is 119 Å². The average Bonchev–Trinajstić information content (AvgIpc) is 2.43. The molecule has 4 heteroatoms. The average molecular weight is 286 g/mol. The van der Waals surface area contributed by atoms with Crippen LogP contribution in [0, 0.1) is 12.7 Å². The van der Waals surface area contributed by atoms with Gasteiger partial charge in [0, 0.05) is 17.5 Å². The minimum atomic E-state index is -0.364. The van der Waals surface area contributed by atoms with Crippen molar-refractivity contribution in [3.63, 3.8) is 0 Å². The van der Waals surface area contributed by atoms with Crippen molar-refractivity contribution in [3.05, 3.63) is 28.0 Å². The summed E-state index contributed by atoms with van der Waals surface area (Å²) in [5.41, 5.74) is 7.12. The van der Waals surface area contributed by atoms with Crippen LogP contribution in [0.15, 0.2) is 6.07 Å². The Morgan fingerprint density at radius 3 is 2.53 bits per heavy atom. The number of hydrogen-bond acceptors (Lipinski definition) is 2. The molecule has 0 spiro atoms. The minimum absolute atomic E-state index is 0.159. The van der Waals surface area contributed by atoms with E-state index < -0.39 is 0 Å². The first-order valence-electron chi connectivity index (χ1n) is 6.79. The zero-order chi connectivity index (χ0) is 14.0. The molecule has 0 saturated heterocycles. The van der Waals surface area contributed by atoms with E-state index >= 15 is 0 Å². The highest BCUT2D eigenvalue weighted by Gasteiger charge is 2.38. The van der Waals surface area contributed by atoms with Crippen LogP contribution in [0.1, 0.15) is 43.2 Å². The SMILES string of the molecule is COc1c(C)cc(Cl)c(F)c1C1(CN)CCCCC1. The molecule has 0 bridgehead atoms. The Bertz CT molecular complexity index is 470. The quantitative estimate of drug-likeness (QED) is 0.912. The summed E-state index contributed by atoms with van der Waals surface area (Å²) < 4.78 is 20.0. The van der Waals surface area contributed by atoms with Gasteiger partial charge >= 0.3 is 0 Å². The van der Waals surface area contributed by atoms with Gasteiger partial charge in [0.2, 0.25) is 0 Å². The fourth-order valence-electron chi connectivity index (χ4n) is 3.26. The predicted octanol–water partition coefficient (Wildman–Crippen LogP) is 3.96. The fourth-order valence-corrected chi connectivity index (χ4v) is 3.51. The molecule has 2 rings (SSSR count). The van der Waals surface area contributed by atoms with Gasteiger partial charge in [0.15, 0.2) is 0 Å². The highest BCUT2D eigenvalue weighted by Crippen LogP contribution is 2.46. The summed E-state index contributed by atoms with van der Waals surface area (Å²) in [4.78, 5) is 0. The molecule has 106 valence electrons. The first kappa shape index (κ1) is 14.6. The number of methoxy groups -OCH3 is 1. The molecule has 19 heavy (non-hydrogen) atoms. The van der Waals surface area contributed by atoms with Crippen LogP contribution in [-0.4, -0.2) is 13.7 Å². The van der Waals surface area contributed by atoms with Crippen molar-refractivity contribution < 1.29 is 9.13 Å². The second kappa shape index (κ2) is 5.68. The summed E-state index contributed by atoms with van der Waals surface area (Å²) in [7, 11) is 1.58. The van der Waals surface area contributed by atoms with Gasteiger partial charge in [0.1, 0.15) is 11.6 Å². The summed E-state index contributed by atoms with van der Waals surface area (Å²) in [6.07, 6.45) is 5.13. The van der Waals surface area contributed by atoms with Gasteiger partial charge in [-0.05, 0) is 31.4 Å². The van der Waals surface area contributed by atoms with E-state index in [-0.39, 0.29) is 16.3 Å². The maximum atomic E-state index is 14.6. The molecule has 2 nitrogen and oxygen atoms in total. The van der Waals surface area contributed by atoms with Crippen molar-refractivity contribution in [1.82, 2.24) is 0 Å². The molecule has 0 radical (unpaired) electrons. The second-order valence-electron chi connectivity index (χ2n) is 5.44. The normalized spacial score (nSPS) is 18.4. The second-order valence-corrected chi connectivity index (χ2v) is 5.85. The highest BCUT2D eigenvalue weighted by molar-refractivity contribution is 6.31. The molecule has 2 N–H and O–H groups in total. The molecule has 1 aliphatic rings. The molecular formula is C15H21ClFNO. The number of hydrogen-bond donors (Lipinski definition) is 1. The lowest BCUT2D eigenvalue weighted by molar-refractivity contribution is 0.277. The number of aryl methyl sites for hydroxylation is 1. The lowest BCUT2D eigenvalue weighted by atomic mass is 9.68. The fraction of sp³-hybridized carbons (Fsp3) is 0.600. The zero-order valence-corrected chi connectivity index (χ0v) is 12.3. The molecule has 1 saturated carbocycles. The van der Waals surface area contributed by atoms with E-state index in [4.69, 9.17) is 22.1 Å². The lowest BCUT2D eigenvalue weighted by Gasteiger charge is -2.38. The van der Waals surface area contributed by atoms with Crippen molar-refractivity contribution in [1.29, 1.82) is 0 Å². The maximum Gasteiger partial charge on any atom is 0.149 e. The molecule has 1 aromatic carbocycles. The van der Waals surface area contributed by atoms with Crippen LogP contribution < -0.4 is 10.5 Å². The molecule has 1 aliphatic carbocycles. The van der Waals surface area contributed by atoms with Gasteiger partial charge in [-0.15, -0.1) is 0 Å². The molecule has 1 aromatic rings. The number of benzene rings is 1. The van der Waals surface area contributed by atoms with E-state index in [1.807, 2.05) is 6.92 Å². The molecule has 0 unspecified atom stereocenters. The molecule has 0 aliphatic heterocycles. The Kier molecular flexibility index (Phi) is 4.36. The Morgan fingerprint density at radius 1 is 1.37 bits per heavy atom. The van der Waals surface area contributed by atoms with Crippen molar-refractivity contribution in [2.45, 2.75) is 44.4 Å². The summed E-state index contributed by atoms with van der Waals surface area (Å²) in [6, 6.07) is 1.62. The standard InChI is InChI=1S/C15H21ClFNO/c1-10-8-11(16)13(17)12(14(10)19-2)15(9-18)6-4-3-5-7-15/h8H,3-7,9,18H2,1-2H3. The first-order valence-corrected chi connectivity index (χ1v) is 7.16. The summed E-state index contributed by atoms with van der Waals surface area (Å²) >= 11 is 6.01. The van der Waals surface area contributed by atoms with Crippen LogP contribution in [0.2, 0.25) is 5.02 Å². The molecule has 0 heterocycles. The van der Waals surface area contributed by atoms with Gasteiger partial charge < -0.3 is 10.5 Å². The third kappa shape index (κ3) is 2.46. The van der Waals surface area contributed by atoms with Gasteiger partial charge in [-0.25, -0.2) is 4.39 Å². The topological polar surface area (TPSA) is 35.2 Å². The molecule has 1 fully saturated rings. The van der Waals surface area contributed by atoms with Gasteiger partial charge in [-0.2, -0.15) is 0 Å². The van der Waals surface area contributed by atoms with E-state index in [0.29, 0.717) is 17.9 Å². The Hall–Kier alpha value is -0.800. The van der Waals surface area contributed by atoms with E-state index in [1.54, 1.807) is 13.2 Å². The van der Waals surface area contributed by atoms with Crippen molar-refractivity contribution in [3.8, 4) is 5.75 Å². The predicted molar refractivity (Wildman–Crippen MR) is 76.5 cm³/mol. The first-order chi connectivity index (χ1) is 9.05. The molecule has 0 aromatic heterocycles. The molecule has 0 amide bonds. The number of ether oxygens (including phenoxy) is 1. The van der Waals surface area contributed by atoms with Crippen LogP contribution in [0.25, 0.3) is 0 Å². The van der Waals surface area contributed by atoms with Crippen molar-refractivity contribution in [2.75, 3.05) is 13.7 Å². The summed E-state index contributed by atoms with van der Waals surface area (Å²) in [6.45, 7) is 2.32. The van der Waals surface area contributed by atoms with Gasteiger partial charge in [0.05, 0.1) is 12.1 Å². The van der Waals surface area contributed by atoms with Gasteiger partial charge in [0.25, 0.3) is 0 Å². The Balaban J connectivity index is 2.64. The van der Waals surface area contributed by atoms with Crippen molar-refractivity contribution in [2.24, 2.45) is 5.73 Å². The van der Waals surface area contributed by atoms with E-state index in [9.17, 15) is 4.39 Å². The Morgan fingerprint density at radius 2 is 2.00 bits per heavy atom. The zero-order valence-electron chi connectivity index (χ0n) is 11.6. The van der Waals surface area contributed by atoms with Crippen LogP contribution in [0.4, 0.5) is 4.39 Å². The van der Waals surface area contributed by atoms with E-state index in [2.05, 4.69) is 0 Å². The molecule has 0 atom stereocenters. The monoisotopic (exact) mass is 285 g/mol. The van der Waals surface area contributed by atoms with Crippen LogP contribution in [0.5, 0.6) is 5.75 Å². The third-order valence-corrected chi connectivity index (χ3v) is 4.57. The van der Waals surface area contributed by atoms with Crippen LogP contribution in [-0.2, 0) is 5.41 Å². The molecular weight excluding hydrogens is 265 g/mol. The van der Waals surface area contributed by atoms with Gasteiger partial charge in [-0.3, -0.25) is 0 Å².